The number of piperidine rings is 1. The fourth-order valence-corrected chi connectivity index (χ4v) is 6.89. The molecule has 0 spiro atoms. The minimum Gasteiger partial charge on any atom is -0.345 e. The summed E-state index contributed by atoms with van der Waals surface area (Å²) in [5.41, 5.74) is 3.12. The van der Waals surface area contributed by atoms with Crippen LogP contribution in [0.1, 0.15) is 74.0 Å². The zero-order valence-electron chi connectivity index (χ0n) is 23.1. The van der Waals surface area contributed by atoms with Gasteiger partial charge in [-0.05, 0) is 92.9 Å². The van der Waals surface area contributed by atoms with Gasteiger partial charge in [-0.1, -0.05) is 41.4 Å². The molecule has 8 heteroatoms. The van der Waals surface area contributed by atoms with Crippen LogP contribution in [0.2, 0.25) is 10.0 Å². The minimum absolute atomic E-state index is 0.0413. The van der Waals surface area contributed by atoms with Gasteiger partial charge in [0.25, 0.3) is 0 Å². The second-order valence-electron chi connectivity index (χ2n) is 11.4. The number of carbonyl (C=O) groups excluding carboxylic acids is 2. The number of aryl methyl sites for hydroxylation is 1. The lowest BCUT2D eigenvalue weighted by molar-refractivity contribution is -0.124. The molecule has 1 N–H and O–H groups in total. The quantitative estimate of drug-likeness (QED) is 0.352. The van der Waals surface area contributed by atoms with E-state index in [0.717, 1.165) is 68.0 Å². The van der Waals surface area contributed by atoms with E-state index in [1.165, 1.54) is 0 Å². The summed E-state index contributed by atoms with van der Waals surface area (Å²) in [5.74, 6) is -0.0383. The Bertz CT molecular complexity index is 1370. The van der Waals surface area contributed by atoms with E-state index in [0.29, 0.717) is 22.9 Å². The van der Waals surface area contributed by atoms with E-state index < -0.39 is 5.54 Å². The molecule has 6 nitrogen and oxygen atoms in total. The molecule has 1 saturated heterocycles. The van der Waals surface area contributed by atoms with E-state index in [9.17, 15) is 9.59 Å². The van der Waals surface area contributed by atoms with Crippen LogP contribution in [0.5, 0.6) is 0 Å². The van der Waals surface area contributed by atoms with Gasteiger partial charge in [0.15, 0.2) is 0 Å². The lowest BCUT2D eigenvalue weighted by atomic mass is 9.63. The smallest absolute Gasteiger partial charge is 0.217 e. The molecule has 2 aliphatic rings. The van der Waals surface area contributed by atoms with Crippen molar-refractivity contribution < 1.29 is 9.59 Å². The van der Waals surface area contributed by atoms with Crippen molar-refractivity contribution in [1.29, 1.82) is 0 Å². The number of aromatic nitrogens is 2. The molecular weight excluding hydrogens is 543 g/mol. The molecule has 3 aromatic rings. The van der Waals surface area contributed by atoms with E-state index in [1.807, 2.05) is 55.5 Å². The molecule has 0 radical (unpaired) electrons. The van der Waals surface area contributed by atoms with Crippen LogP contribution >= 0.6 is 23.2 Å². The van der Waals surface area contributed by atoms with Crippen LogP contribution in [-0.4, -0.2) is 46.2 Å². The highest BCUT2D eigenvalue weighted by molar-refractivity contribution is 6.42. The Morgan fingerprint density at radius 1 is 1.05 bits per heavy atom. The molecule has 40 heavy (non-hydrogen) atoms. The van der Waals surface area contributed by atoms with Gasteiger partial charge >= 0.3 is 0 Å². The van der Waals surface area contributed by atoms with Gasteiger partial charge in [0.1, 0.15) is 5.78 Å². The molecule has 1 amide bonds. The molecule has 210 valence electrons. The first-order valence-corrected chi connectivity index (χ1v) is 14.8. The number of rotatable bonds is 7. The fourth-order valence-electron chi connectivity index (χ4n) is 6.59. The average molecular weight is 580 g/mol. The highest BCUT2D eigenvalue weighted by Gasteiger charge is 2.44. The summed E-state index contributed by atoms with van der Waals surface area (Å²) in [7, 11) is 0. The molecule has 2 fully saturated rings. The maximum absolute atomic E-state index is 13.2. The largest absolute Gasteiger partial charge is 0.345 e. The Labute approximate surface area is 246 Å². The average Bonchev–Trinajstić information content (AvgIpc) is 2.95. The maximum atomic E-state index is 13.2. The van der Waals surface area contributed by atoms with E-state index in [-0.39, 0.29) is 23.0 Å². The molecule has 0 bridgehead atoms. The summed E-state index contributed by atoms with van der Waals surface area (Å²) in [6.45, 7) is 6.10. The van der Waals surface area contributed by atoms with Crippen molar-refractivity contribution in [3.63, 3.8) is 0 Å². The van der Waals surface area contributed by atoms with E-state index >= 15 is 0 Å². The van der Waals surface area contributed by atoms with Crippen molar-refractivity contribution in [3.8, 4) is 0 Å². The van der Waals surface area contributed by atoms with E-state index in [4.69, 9.17) is 28.2 Å². The monoisotopic (exact) mass is 578 g/mol. The van der Waals surface area contributed by atoms with Gasteiger partial charge in [-0.15, -0.1) is 0 Å². The number of hydrogen-bond acceptors (Lipinski definition) is 5. The second-order valence-corrected chi connectivity index (χ2v) is 12.2. The number of halogens is 2. The summed E-state index contributed by atoms with van der Waals surface area (Å²) in [4.78, 5) is 37.2. The number of ketones is 1. The number of carbonyl (C=O) groups is 2. The molecule has 2 atom stereocenters. The number of nitrogens with one attached hydrogen (secondary N) is 1. The molecule has 1 saturated carbocycles. The van der Waals surface area contributed by atoms with Gasteiger partial charge in [0.05, 0.1) is 32.9 Å². The third kappa shape index (κ3) is 6.09. The fraction of sp³-hybridized carbons (Fsp3) is 0.438. The predicted octanol–water partition coefficient (Wildman–Crippen LogP) is 6.38. The highest BCUT2D eigenvalue weighted by Crippen LogP contribution is 2.47. The molecule has 3 heterocycles. The number of pyridine rings is 2. The topological polar surface area (TPSA) is 75.2 Å². The van der Waals surface area contributed by atoms with Crippen molar-refractivity contribution in [3.05, 3.63) is 93.5 Å². The van der Waals surface area contributed by atoms with Gasteiger partial charge in [-0.3, -0.25) is 19.6 Å². The highest BCUT2D eigenvalue weighted by atomic mass is 35.5. The van der Waals surface area contributed by atoms with E-state index in [1.54, 1.807) is 13.1 Å². The van der Waals surface area contributed by atoms with Gasteiger partial charge in [0.2, 0.25) is 5.91 Å². The Kier molecular flexibility index (Phi) is 8.60. The lowest BCUT2D eigenvalue weighted by Gasteiger charge is -2.45. The number of likely N-dealkylation sites (tertiary alicyclic amines) is 1. The molecule has 1 aliphatic carbocycles. The standard InChI is InChI=1S/C32H36Cl2N4O2/c1-22-6-5-7-28(36-22)25-21-31(12-11-29(25)40,24-9-10-26(33)27(34)20-24)13-17-38-18-14-32(15-19-38,37-23(2)39)30-8-3-4-16-35-30/h3-10,16,20,25H,11-15,17-19,21H2,1-2H3,(H,37,39)/t25?,31-/m1/s1. The first-order valence-electron chi connectivity index (χ1n) is 14.0. The summed E-state index contributed by atoms with van der Waals surface area (Å²) in [6, 6.07) is 17.7. The zero-order valence-corrected chi connectivity index (χ0v) is 24.6. The molecule has 1 aromatic carbocycles. The SMILES string of the molecule is CC(=O)NC1(c2ccccn2)CCN(CC[C@]2(c3ccc(Cl)c(Cl)c3)CCC(=O)C(c3cccc(C)n3)C2)CC1. The Balaban J connectivity index is 1.38. The van der Waals surface area contributed by atoms with Crippen molar-refractivity contribution in [2.45, 2.75) is 69.2 Å². The van der Waals surface area contributed by atoms with Crippen LogP contribution in [0.15, 0.2) is 60.8 Å². The van der Waals surface area contributed by atoms with Crippen LogP contribution in [-0.2, 0) is 20.5 Å². The Morgan fingerprint density at radius 2 is 1.85 bits per heavy atom. The molecule has 5 rings (SSSR count). The zero-order chi connectivity index (χ0) is 28.3. The number of nitrogens with zero attached hydrogens (tertiary/aromatic N) is 3. The van der Waals surface area contributed by atoms with Crippen molar-refractivity contribution >= 4 is 34.9 Å². The normalized spacial score (nSPS) is 23.1. The third-order valence-electron chi connectivity index (χ3n) is 8.82. The number of Topliss-reactive ketones (excluding diaryl/α,β-unsaturated/α-hetero) is 1. The summed E-state index contributed by atoms with van der Waals surface area (Å²) in [6.07, 6.45) is 6.22. The molecule has 1 unspecified atom stereocenters. The lowest BCUT2D eigenvalue weighted by Crippen LogP contribution is -2.53. The molecule has 2 aromatic heterocycles. The van der Waals surface area contributed by atoms with Gasteiger partial charge < -0.3 is 10.2 Å². The van der Waals surface area contributed by atoms with Crippen LogP contribution in [0.3, 0.4) is 0 Å². The van der Waals surface area contributed by atoms with Gasteiger partial charge in [0, 0.05) is 38.3 Å². The van der Waals surface area contributed by atoms with Gasteiger partial charge in [-0.25, -0.2) is 0 Å². The van der Waals surface area contributed by atoms with Crippen LogP contribution in [0.4, 0.5) is 0 Å². The molecular formula is C32H36Cl2N4O2. The van der Waals surface area contributed by atoms with Crippen molar-refractivity contribution in [2.75, 3.05) is 19.6 Å². The first-order chi connectivity index (χ1) is 19.2. The predicted molar refractivity (Wildman–Crippen MR) is 159 cm³/mol. The number of benzene rings is 1. The Morgan fingerprint density at radius 3 is 2.52 bits per heavy atom. The third-order valence-corrected chi connectivity index (χ3v) is 9.56. The van der Waals surface area contributed by atoms with Crippen LogP contribution in [0, 0.1) is 6.92 Å². The van der Waals surface area contributed by atoms with Crippen LogP contribution in [0.25, 0.3) is 0 Å². The summed E-state index contributed by atoms with van der Waals surface area (Å²) in [5, 5.41) is 4.28. The van der Waals surface area contributed by atoms with Crippen molar-refractivity contribution in [1.82, 2.24) is 20.2 Å². The first kappa shape index (κ1) is 28.7. The number of hydrogen-bond donors (Lipinski definition) is 1. The summed E-state index contributed by atoms with van der Waals surface area (Å²) < 4.78 is 0. The number of amides is 1. The summed E-state index contributed by atoms with van der Waals surface area (Å²) >= 11 is 12.8. The van der Waals surface area contributed by atoms with Gasteiger partial charge in [-0.2, -0.15) is 0 Å². The second kappa shape index (κ2) is 12.0. The maximum Gasteiger partial charge on any atom is 0.217 e. The molecule has 1 aliphatic heterocycles. The van der Waals surface area contributed by atoms with E-state index in [2.05, 4.69) is 21.3 Å². The van der Waals surface area contributed by atoms with Crippen molar-refractivity contribution in [2.24, 2.45) is 0 Å². The minimum atomic E-state index is -0.454. The Hall–Kier alpha value is -2.80. The van der Waals surface area contributed by atoms with Crippen LogP contribution < -0.4 is 5.32 Å².